The smallest absolute Gasteiger partial charge is 0.303 e. The lowest BCUT2D eigenvalue weighted by Gasteiger charge is -2.31. The predicted molar refractivity (Wildman–Crippen MR) is 77.0 cm³/mol. The Morgan fingerprint density at radius 1 is 1.18 bits per heavy atom. The maximum absolute atomic E-state index is 11.1. The van der Waals surface area contributed by atoms with Gasteiger partial charge in [0.15, 0.2) is 0 Å². The molecule has 0 spiro atoms. The van der Waals surface area contributed by atoms with Gasteiger partial charge < -0.3 is 19.3 Å². The highest BCUT2D eigenvalue weighted by atomic mass is 16.6. The monoisotopic (exact) mass is 306 g/mol. The van der Waals surface area contributed by atoms with E-state index >= 15 is 0 Å². The second kappa shape index (κ2) is 7.09. The lowest BCUT2D eigenvalue weighted by Crippen LogP contribution is -2.39. The second-order valence-corrected chi connectivity index (χ2v) is 4.92. The third-order valence-corrected chi connectivity index (χ3v) is 3.16. The van der Waals surface area contributed by atoms with Gasteiger partial charge >= 0.3 is 11.9 Å². The number of hydrogen-bond donors (Lipinski definition) is 1. The zero-order valence-electron chi connectivity index (χ0n) is 12.4. The molecule has 0 bridgehead atoms. The molecular formula is C16H18O6. The van der Waals surface area contributed by atoms with Crippen molar-refractivity contribution in [1.29, 1.82) is 0 Å². The van der Waals surface area contributed by atoms with Gasteiger partial charge in [-0.25, -0.2) is 0 Å². The minimum Gasteiger partial charge on any atom is -0.508 e. The molecule has 0 radical (unpaired) electrons. The number of ether oxygens (including phenoxy) is 3. The lowest BCUT2D eigenvalue weighted by atomic mass is 10.0. The average molecular weight is 306 g/mol. The van der Waals surface area contributed by atoms with E-state index in [1.54, 1.807) is 36.4 Å². The van der Waals surface area contributed by atoms with Crippen LogP contribution in [0.1, 0.15) is 25.5 Å². The van der Waals surface area contributed by atoms with Gasteiger partial charge in [-0.1, -0.05) is 24.3 Å². The molecule has 6 heteroatoms. The standard InChI is InChI=1S/C16H18O6/c1-10(17)20-9-16-15(21-11(2)18)8-7-14(22-16)12-5-3-4-6-13(12)19/h3-8,14-16,19H,9H2,1-2H3/t14-,15-,16+/m0/s1. The van der Waals surface area contributed by atoms with Gasteiger partial charge in [0, 0.05) is 19.4 Å². The van der Waals surface area contributed by atoms with Crippen LogP contribution in [0.3, 0.4) is 0 Å². The minimum atomic E-state index is -0.640. The van der Waals surface area contributed by atoms with Crippen molar-refractivity contribution in [2.75, 3.05) is 6.61 Å². The number of rotatable bonds is 4. The van der Waals surface area contributed by atoms with Gasteiger partial charge in [0.25, 0.3) is 0 Å². The van der Waals surface area contributed by atoms with E-state index in [0.29, 0.717) is 5.56 Å². The second-order valence-electron chi connectivity index (χ2n) is 4.92. The number of carbonyl (C=O) groups excluding carboxylic acids is 2. The summed E-state index contributed by atoms with van der Waals surface area (Å²) in [4.78, 5) is 22.1. The molecule has 1 aliphatic rings. The average Bonchev–Trinajstić information content (AvgIpc) is 2.46. The van der Waals surface area contributed by atoms with Gasteiger partial charge in [-0.05, 0) is 12.1 Å². The molecule has 0 fully saturated rings. The molecular weight excluding hydrogens is 288 g/mol. The molecule has 1 aromatic carbocycles. The van der Waals surface area contributed by atoms with Crippen LogP contribution in [0, 0.1) is 0 Å². The Labute approximate surface area is 128 Å². The molecule has 118 valence electrons. The largest absolute Gasteiger partial charge is 0.508 e. The van der Waals surface area contributed by atoms with E-state index in [-0.39, 0.29) is 12.4 Å². The van der Waals surface area contributed by atoms with Crippen molar-refractivity contribution in [1.82, 2.24) is 0 Å². The number of phenols is 1. The molecule has 6 nitrogen and oxygen atoms in total. The Morgan fingerprint density at radius 2 is 1.91 bits per heavy atom. The number of phenolic OH excluding ortho intramolecular Hbond substituents is 1. The molecule has 0 saturated heterocycles. The number of aromatic hydroxyl groups is 1. The number of esters is 2. The fourth-order valence-electron chi connectivity index (χ4n) is 2.19. The highest BCUT2D eigenvalue weighted by Crippen LogP contribution is 2.32. The van der Waals surface area contributed by atoms with Crippen molar-refractivity contribution >= 4 is 11.9 Å². The Hall–Kier alpha value is -2.34. The SMILES string of the molecule is CC(=O)OC[C@H]1O[C@H](c2ccccc2O)C=C[C@@H]1OC(C)=O. The summed E-state index contributed by atoms with van der Waals surface area (Å²) in [5, 5.41) is 9.89. The summed E-state index contributed by atoms with van der Waals surface area (Å²) in [6.45, 7) is 2.55. The van der Waals surface area contributed by atoms with Crippen LogP contribution in [-0.4, -0.2) is 35.9 Å². The van der Waals surface area contributed by atoms with E-state index in [1.807, 2.05) is 0 Å². The molecule has 0 unspecified atom stereocenters. The molecule has 0 amide bonds. The van der Waals surface area contributed by atoms with E-state index in [4.69, 9.17) is 14.2 Å². The molecule has 1 aliphatic heterocycles. The van der Waals surface area contributed by atoms with Gasteiger partial charge in [0.1, 0.15) is 30.7 Å². The number of hydrogen-bond acceptors (Lipinski definition) is 6. The first kappa shape index (κ1) is 16.0. The Morgan fingerprint density at radius 3 is 2.55 bits per heavy atom. The first-order chi connectivity index (χ1) is 10.5. The summed E-state index contributed by atoms with van der Waals surface area (Å²) < 4.78 is 15.9. The Balaban J connectivity index is 2.18. The number of carbonyl (C=O) groups is 2. The Kier molecular flexibility index (Phi) is 5.16. The molecule has 0 aromatic heterocycles. The molecule has 3 atom stereocenters. The van der Waals surface area contributed by atoms with E-state index < -0.39 is 30.3 Å². The van der Waals surface area contributed by atoms with Crippen LogP contribution in [0.25, 0.3) is 0 Å². The minimum absolute atomic E-state index is 0.0400. The summed E-state index contributed by atoms with van der Waals surface area (Å²) in [5.41, 5.74) is 0.591. The molecule has 1 N–H and O–H groups in total. The summed E-state index contributed by atoms with van der Waals surface area (Å²) in [6.07, 6.45) is 1.60. The van der Waals surface area contributed by atoms with Crippen LogP contribution in [-0.2, 0) is 23.8 Å². The highest BCUT2D eigenvalue weighted by Gasteiger charge is 2.31. The number of benzene rings is 1. The summed E-state index contributed by atoms with van der Waals surface area (Å²) >= 11 is 0. The van der Waals surface area contributed by atoms with Crippen LogP contribution in [0.15, 0.2) is 36.4 Å². The quantitative estimate of drug-likeness (QED) is 0.675. The van der Waals surface area contributed by atoms with E-state index in [2.05, 4.69) is 0 Å². The van der Waals surface area contributed by atoms with Crippen LogP contribution in [0.2, 0.25) is 0 Å². The lowest BCUT2D eigenvalue weighted by molar-refractivity contribution is -0.163. The van der Waals surface area contributed by atoms with Crippen LogP contribution in [0.5, 0.6) is 5.75 Å². The third kappa shape index (κ3) is 4.08. The van der Waals surface area contributed by atoms with Crippen LogP contribution < -0.4 is 0 Å². The van der Waals surface area contributed by atoms with Crippen molar-refractivity contribution in [3.05, 3.63) is 42.0 Å². The normalized spacial score (nSPS) is 23.8. The van der Waals surface area contributed by atoms with E-state index in [9.17, 15) is 14.7 Å². The highest BCUT2D eigenvalue weighted by molar-refractivity contribution is 5.67. The first-order valence-corrected chi connectivity index (χ1v) is 6.89. The fourth-order valence-corrected chi connectivity index (χ4v) is 2.19. The summed E-state index contributed by atoms with van der Waals surface area (Å²) in [7, 11) is 0. The van der Waals surface area contributed by atoms with Crippen molar-refractivity contribution in [3.8, 4) is 5.75 Å². The fraction of sp³-hybridized carbons (Fsp3) is 0.375. The van der Waals surface area contributed by atoms with Crippen molar-refractivity contribution in [2.45, 2.75) is 32.2 Å². The third-order valence-electron chi connectivity index (χ3n) is 3.16. The van der Waals surface area contributed by atoms with Crippen molar-refractivity contribution in [3.63, 3.8) is 0 Å². The maximum Gasteiger partial charge on any atom is 0.303 e. The van der Waals surface area contributed by atoms with Crippen molar-refractivity contribution in [2.24, 2.45) is 0 Å². The molecule has 22 heavy (non-hydrogen) atoms. The molecule has 2 rings (SSSR count). The van der Waals surface area contributed by atoms with E-state index in [0.717, 1.165) is 0 Å². The molecule has 1 heterocycles. The Bertz CT molecular complexity index is 580. The van der Waals surface area contributed by atoms with Gasteiger partial charge in [0.05, 0.1) is 0 Å². The maximum atomic E-state index is 11.1. The predicted octanol–water partition coefficient (Wildman–Crippen LogP) is 1.88. The zero-order chi connectivity index (χ0) is 16.1. The zero-order valence-corrected chi connectivity index (χ0v) is 12.4. The molecule has 1 aromatic rings. The van der Waals surface area contributed by atoms with Gasteiger partial charge in [-0.2, -0.15) is 0 Å². The molecule has 0 saturated carbocycles. The van der Waals surface area contributed by atoms with Gasteiger partial charge in [-0.15, -0.1) is 0 Å². The molecule has 0 aliphatic carbocycles. The number of para-hydroxylation sites is 1. The van der Waals surface area contributed by atoms with Crippen LogP contribution >= 0.6 is 0 Å². The topological polar surface area (TPSA) is 82.1 Å². The van der Waals surface area contributed by atoms with Crippen LogP contribution in [0.4, 0.5) is 0 Å². The summed E-state index contributed by atoms with van der Waals surface area (Å²) in [6, 6.07) is 6.79. The van der Waals surface area contributed by atoms with Gasteiger partial charge in [-0.3, -0.25) is 9.59 Å². The summed E-state index contributed by atoms with van der Waals surface area (Å²) in [5.74, 6) is -0.791. The van der Waals surface area contributed by atoms with E-state index in [1.165, 1.54) is 13.8 Å². The van der Waals surface area contributed by atoms with Gasteiger partial charge in [0.2, 0.25) is 0 Å². The first-order valence-electron chi connectivity index (χ1n) is 6.89. The van der Waals surface area contributed by atoms with Crippen molar-refractivity contribution < 1.29 is 28.9 Å².